The number of rotatable bonds is 10. The number of aromatic nitrogens is 7. The Morgan fingerprint density at radius 1 is 0.510 bits per heavy atom. The van der Waals surface area contributed by atoms with E-state index in [1.807, 2.05) is 146 Å². The average Bonchev–Trinajstić information content (AvgIpc) is 3.19. The summed E-state index contributed by atoms with van der Waals surface area (Å²) in [5.41, 5.74) is 9.16. The third kappa shape index (κ3) is 7.48. The minimum atomic E-state index is 0.500. The quantitative estimate of drug-likeness (QED) is 0.139. The van der Waals surface area contributed by atoms with Crippen molar-refractivity contribution in [1.29, 1.82) is 0 Å². The smallest absolute Gasteiger partial charge is 0.163 e. The molecule has 7 rings (SSSR count). The van der Waals surface area contributed by atoms with Gasteiger partial charge in [-0.2, -0.15) is 0 Å². The second kappa shape index (κ2) is 14.8. The summed E-state index contributed by atoms with van der Waals surface area (Å²) < 4.78 is 0. The first kappa shape index (κ1) is 30.9. The lowest BCUT2D eigenvalue weighted by molar-refractivity contribution is 0.947. The third-order valence-electron chi connectivity index (χ3n) is 7.79. The van der Waals surface area contributed by atoms with Gasteiger partial charge in [-0.25, -0.2) is 15.0 Å². The molecule has 0 bridgehead atoms. The molecule has 0 radical (unpaired) electrons. The summed E-state index contributed by atoms with van der Waals surface area (Å²) in [6.07, 6.45) is 15.5. The molecule has 234 valence electrons. The van der Waals surface area contributed by atoms with E-state index >= 15 is 0 Å². The molecule has 7 nitrogen and oxygen atoms in total. The Bertz CT molecular complexity index is 2210. The van der Waals surface area contributed by atoms with Crippen LogP contribution in [0.15, 0.2) is 171 Å². The van der Waals surface area contributed by atoms with Crippen molar-refractivity contribution in [1.82, 2.24) is 34.9 Å². The zero-order valence-electron chi connectivity index (χ0n) is 26.6. The van der Waals surface area contributed by atoms with Crippen LogP contribution in [0, 0.1) is 0 Å². The number of hydrogen-bond donors (Lipinski definition) is 0. The van der Waals surface area contributed by atoms with E-state index in [-0.39, 0.29) is 0 Å². The van der Waals surface area contributed by atoms with Crippen molar-refractivity contribution >= 4 is 5.57 Å². The first-order valence-corrected chi connectivity index (χ1v) is 15.9. The summed E-state index contributed by atoms with van der Waals surface area (Å²) in [4.78, 5) is 32.8. The highest BCUT2D eigenvalue weighted by Crippen LogP contribution is 2.26. The largest absolute Gasteiger partial charge is 0.256 e. The molecule has 49 heavy (non-hydrogen) atoms. The topological polar surface area (TPSA) is 90.2 Å². The van der Waals surface area contributed by atoms with Gasteiger partial charge in [0.25, 0.3) is 0 Å². The van der Waals surface area contributed by atoms with Gasteiger partial charge in [0.05, 0.1) is 22.8 Å². The van der Waals surface area contributed by atoms with Gasteiger partial charge in [-0.1, -0.05) is 97.6 Å². The van der Waals surface area contributed by atoms with E-state index in [1.165, 1.54) is 0 Å². The van der Waals surface area contributed by atoms with Gasteiger partial charge >= 0.3 is 0 Å². The molecule has 0 fully saturated rings. The van der Waals surface area contributed by atoms with Crippen LogP contribution in [0.3, 0.4) is 0 Å². The lowest BCUT2D eigenvalue weighted by Crippen LogP contribution is -2.02. The van der Waals surface area contributed by atoms with Crippen molar-refractivity contribution < 1.29 is 0 Å². The lowest BCUT2D eigenvalue weighted by atomic mass is 10.1. The maximum absolute atomic E-state index is 4.88. The number of benzene rings is 2. The van der Waals surface area contributed by atoms with E-state index in [9.17, 15) is 0 Å². The van der Waals surface area contributed by atoms with Gasteiger partial charge in [0.15, 0.2) is 11.6 Å². The molecule has 0 atom stereocenters. The fraction of sp³-hybridized carbons (Fsp3) is 0.0238. The SMILES string of the molecule is C=C/C=C(\C=C/Cc1nc(-c2ccccc2)nc(-c2ccc(-c3ccc(-c4ccccn4)cn3)cc2)n1)c1ccc(-c2ccccn2)cn1. The molecule has 0 amide bonds. The molecule has 0 N–H and O–H groups in total. The normalized spacial score (nSPS) is 11.5. The summed E-state index contributed by atoms with van der Waals surface area (Å²) in [5.74, 6) is 1.89. The van der Waals surface area contributed by atoms with Crippen molar-refractivity contribution in [2.45, 2.75) is 6.42 Å². The Morgan fingerprint density at radius 2 is 1.08 bits per heavy atom. The summed E-state index contributed by atoms with van der Waals surface area (Å²) >= 11 is 0. The molecule has 0 saturated carbocycles. The van der Waals surface area contributed by atoms with Crippen LogP contribution in [0.2, 0.25) is 0 Å². The predicted octanol–water partition coefficient (Wildman–Crippen LogP) is 9.15. The Kier molecular flexibility index (Phi) is 9.33. The van der Waals surface area contributed by atoms with Crippen molar-refractivity contribution in [3.05, 3.63) is 182 Å². The predicted molar refractivity (Wildman–Crippen MR) is 196 cm³/mol. The Labute approximate surface area is 285 Å². The van der Waals surface area contributed by atoms with Crippen LogP contribution >= 0.6 is 0 Å². The molecule has 0 saturated heterocycles. The van der Waals surface area contributed by atoms with E-state index in [2.05, 4.69) is 21.5 Å². The molecule has 5 aromatic heterocycles. The lowest BCUT2D eigenvalue weighted by Gasteiger charge is -2.08. The Balaban J connectivity index is 1.13. The molecule has 0 unspecified atom stereocenters. The number of allylic oxidation sites excluding steroid dienone is 5. The first-order valence-electron chi connectivity index (χ1n) is 15.9. The highest BCUT2D eigenvalue weighted by Gasteiger charge is 2.11. The maximum Gasteiger partial charge on any atom is 0.163 e. The van der Waals surface area contributed by atoms with Crippen LogP contribution in [-0.2, 0) is 6.42 Å². The van der Waals surface area contributed by atoms with Crippen LogP contribution in [0.5, 0.6) is 0 Å². The second-order valence-electron chi connectivity index (χ2n) is 11.1. The number of nitrogens with zero attached hydrogens (tertiary/aromatic N) is 7. The van der Waals surface area contributed by atoms with Gasteiger partial charge in [0.1, 0.15) is 5.82 Å². The highest BCUT2D eigenvalue weighted by molar-refractivity contribution is 5.74. The molecule has 0 spiro atoms. The van der Waals surface area contributed by atoms with E-state index in [0.717, 1.165) is 56.2 Å². The van der Waals surface area contributed by atoms with E-state index in [4.69, 9.17) is 19.9 Å². The molecule has 7 heteroatoms. The van der Waals surface area contributed by atoms with Crippen LogP contribution < -0.4 is 0 Å². The van der Waals surface area contributed by atoms with Crippen LogP contribution in [0.25, 0.3) is 62.1 Å². The Morgan fingerprint density at radius 3 is 1.65 bits per heavy atom. The van der Waals surface area contributed by atoms with Gasteiger partial charge in [0, 0.05) is 59.0 Å². The van der Waals surface area contributed by atoms with Crippen molar-refractivity contribution in [2.75, 3.05) is 0 Å². The molecule has 0 aliphatic rings. The maximum atomic E-state index is 4.88. The van der Waals surface area contributed by atoms with Gasteiger partial charge in [-0.15, -0.1) is 0 Å². The summed E-state index contributed by atoms with van der Waals surface area (Å²) in [5, 5.41) is 0. The van der Waals surface area contributed by atoms with Crippen LogP contribution in [0.1, 0.15) is 11.5 Å². The molecular formula is C42H31N7. The van der Waals surface area contributed by atoms with Crippen LogP contribution in [-0.4, -0.2) is 34.9 Å². The first-order chi connectivity index (χ1) is 24.2. The molecule has 5 heterocycles. The minimum absolute atomic E-state index is 0.500. The van der Waals surface area contributed by atoms with Crippen molar-refractivity contribution in [3.63, 3.8) is 0 Å². The second-order valence-corrected chi connectivity index (χ2v) is 11.1. The summed E-state index contributed by atoms with van der Waals surface area (Å²) in [6, 6.07) is 37.9. The van der Waals surface area contributed by atoms with Gasteiger partial charge in [0.2, 0.25) is 0 Å². The fourth-order valence-corrected chi connectivity index (χ4v) is 5.29. The van der Waals surface area contributed by atoms with E-state index in [0.29, 0.717) is 23.9 Å². The standard InChI is InChI=1S/C42H31N7/c1-2-11-30(38-24-22-34(28-45-38)36-15-6-8-26-43-36)14-10-17-40-47-41(32-12-4-3-5-13-32)49-42(48-40)33-20-18-31(19-21-33)39-25-23-35(29-46-39)37-16-7-9-27-44-37/h2-16,18-29H,1,17H2/b14-10-,30-11+. The van der Waals surface area contributed by atoms with Gasteiger partial charge in [-0.05, 0) is 54.1 Å². The van der Waals surface area contributed by atoms with Crippen molar-refractivity contribution in [3.8, 4) is 56.5 Å². The monoisotopic (exact) mass is 633 g/mol. The number of pyridine rings is 4. The molecule has 7 aromatic rings. The summed E-state index contributed by atoms with van der Waals surface area (Å²) in [7, 11) is 0. The molecular weight excluding hydrogens is 603 g/mol. The van der Waals surface area contributed by atoms with Gasteiger partial charge < -0.3 is 0 Å². The average molecular weight is 634 g/mol. The van der Waals surface area contributed by atoms with Crippen LogP contribution in [0.4, 0.5) is 0 Å². The minimum Gasteiger partial charge on any atom is -0.256 e. The molecule has 0 aliphatic carbocycles. The van der Waals surface area contributed by atoms with E-state index < -0.39 is 0 Å². The van der Waals surface area contributed by atoms with Gasteiger partial charge in [-0.3, -0.25) is 19.9 Å². The fourth-order valence-electron chi connectivity index (χ4n) is 5.29. The number of hydrogen-bond acceptors (Lipinski definition) is 7. The molecule has 2 aromatic carbocycles. The highest BCUT2D eigenvalue weighted by atomic mass is 15.0. The third-order valence-corrected chi connectivity index (χ3v) is 7.79. The summed E-state index contributed by atoms with van der Waals surface area (Å²) in [6.45, 7) is 3.90. The zero-order valence-corrected chi connectivity index (χ0v) is 26.6. The molecule has 0 aliphatic heterocycles. The zero-order chi connectivity index (χ0) is 33.3. The van der Waals surface area contributed by atoms with Crippen molar-refractivity contribution in [2.24, 2.45) is 0 Å². The Hall–Kier alpha value is -6.73. The van der Waals surface area contributed by atoms with E-state index in [1.54, 1.807) is 18.5 Å².